The van der Waals surface area contributed by atoms with Gasteiger partial charge in [0.25, 0.3) is 5.91 Å². The van der Waals surface area contributed by atoms with Crippen LogP contribution in [0.1, 0.15) is 25.8 Å². The summed E-state index contributed by atoms with van der Waals surface area (Å²) in [5, 5.41) is 23.9. The number of aromatic hydroxyl groups is 1. The molecule has 6 nitrogen and oxygen atoms in total. The van der Waals surface area contributed by atoms with Gasteiger partial charge in [-0.1, -0.05) is 12.1 Å². The molecule has 0 saturated carbocycles. The van der Waals surface area contributed by atoms with Crippen molar-refractivity contribution in [1.29, 1.82) is 5.26 Å². The average molecular weight is 331 g/mol. The zero-order chi connectivity index (χ0) is 17.8. The van der Waals surface area contributed by atoms with Crippen molar-refractivity contribution < 1.29 is 14.6 Å². The minimum atomic E-state index is -0.401. The van der Waals surface area contributed by atoms with Gasteiger partial charge in [0, 0.05) is 25.9 Å². The predicted octanol–water partition coefficient (Wildman–Crippen LogP) is 1.86. The number of phenols is 1. The zero-order valence-corrected chi connectivity index (χ0v) is 14.2. The van der Waals surface area contributed by atoms with Crippen LogP contribution in [-0.4, -0.2) is 36.8 Å². The van der Waals surface area contributed by atoms with Gasteiger partial charge in [0.05, 0.1) is 6.10 Å². The fourth-order valence-corrected chi connectivity index (χ4v) is 1.89. The Morgan fingerprint density at radius 3 is 2.67 bits per heavy atom. The molecule has 6 heteroatoms. The molecule has 0 aliphatic heterocycles. The molecule has 1 rings (SSSR count). The molecule has 0 aliphatic rings. The van der Waals surface area contributed by atoms with Crippen LogP contribution in [0, 0.1) is 11.3 Å². The number of nitriles is 1. The van der Waals surface area contributed by atoms with E-state index in [2.05, 4.69) is 10.6 Å². The Bertz CT molecular complexity index is 574. The number of hydrogen-bond donors (Lipinski definition) is 3. The summed E-state index contributed by atoms with van der Waals surface area (Å²) in [4.78, 5) is 11.9. The van der Waals surface area contributed by atoms with Crippen molar-refractivity contribution in [3.63, 3.8) is 0 Å². The van der Waals surface area contributed by atoms with E-state index < -0.39 is 5.91 Å². The Labute approximate surface area is 143 Å². The molecule has 0 aliphatic carbocycles. The summed E-state index contributed by atoms with van der Waals surface area (Å²) in [6.45, 7) is 5.65. The lowest BCUT2D eigenvalue weighted by molar-refractivity contribution is -0.117. The average Bonchev–Trinajstić information content (AvgIpc) is 2.55. The summed E-state index contributed by atoms with van der Waals surface area (Å²) in [5.74, 6) is -0.190. The highest BCUT2D eigenvalue weighted by molar-refractivity contribution is 5.97. The van der Waals surface area contributed by atoms with Crippen LogP contribution in [0.25, 0.3) is 0 Å². The number of nitrogens with one attached hydrogen (secondary N) is 2. The van der Waals surface area contributed by atoms with Crippen molar-refractivity contribution in [3.05, 3.63) is 41.6 Å². The molecule has 0 aromatic heterocycles. The topological polar surface area (TPSA) is 94.4 Å². The minimum Gasteiger partial charge on any atom is -0.508 e. The van der Waals surface area contributed by atoms with E-state index in [4.69, 9.17) is 10.00 Å². The van der Waals surface area contributed by atoms with E-state index in [1.54, 1.807) is 24.3 Å². The lowest BCUT2D eigenvalue weighted by atomic mass is 10.1. The third-order valence-corrected chi connectivity index (χ3v) is 3.16. The maximum absolute atomic E-state index is 11.9. The second-order valence-electron chi connectivity index (χ2n) is 5.57. The first-order valence-electron chi connectivity index (χ1n) is 8.04. The second kappa shape index (κ2) is 11.1. The van der Waals surface area contributed by atoms with E-state index in [-0.39, 0.29) is 17.4 Å². The van der Waals surface area contributed by atoms with Gasteiger partial charge in [-0.3, -0.25) is 4.79 Å². The monoisotopic (exact) mass is 331 g/mol. The van der Waals surface area contributed by atoms with Crippen LogP contribution >= 0.6 is 0 Å². The molecule has 1 amide bonds. The number of benzene rings is 1. The second-order valence-corrected chi connectivity index (χ2v) is 5.57. The van der Waals surface area contributed by atoms with E-state index in [1.807, 2.05) is 19.9 Å². The first-order valence-corrected chi connectivity index (χ1v) is 8.04. The maximum Gasteiger partial charge on any atom is 0.263 e. The molecule has 1 aromatic rings. The Hall–Kier alpha value is -2.52. The third kappa shape index (κ3) is 8.20. The molecule has 0 unspecified atom stereocenters. The van der Waals surface area contributed by atoms with Crippen LogP contribution in [0.15, 0.2) is 36.0 Å². The number of amides is 1. The Morgan fingerprint density at radius 1 is 1.33 bits per heavy atom. The Morgan fingerprint density at radius 2 is 2.04 bits per heavy atom. The fourth-order valence-electron chi connectivity index (χ4n) is 1.89. The van der Waals surface area contributed by atoms with Gasteiger partial charge in [-0.2, -0.15) is 5.26 Å². The van der Waals surface area contributed by atoms with Crippen molar-refractivity contribution in [1.82, 2.24) is 10.6 Å². The summed E-state index contributed by atoms with van der Waals surface area (Å²) >= 11 is 0. The third-order valence-electron chi connectivity index (χ3n) is 3.16. The first kappa shape index (κ1) is 19.5. The fraction of sp³-hybridized carbons (Fsp3) is 0.444. The quantitative estimate of drug-likeness (QED) is 0.346. The van der Waals surface area contributed by atoms with Gasteiger partial charge in [0.2, 0.25) is 0 Å². The molecule has 0 bridgehead atoms. The molecule has 0 radical (unpaired) electrons. The molecule has 3 N–H and O–H groups in total. The van der Waals surface area contributed by atoms with E-state index >= 15 is 0 Å². The van der Waals surface area contributed by atoms with E-state index in [1.165, 1.54) is 6.20 Å². The highest BCUT2D eigenvalue weighted by Gasteiger charge is 2.07. The predicted molar refractivity (Wildman–Crippen MR) is 92.2 cm³/mol. The first-order chi connectivity index (χ1) is 11.5. The van der Waals surface area contributed by atoms with Crippen molar-refractivity contribution >= 4 is 5.91 Å². The number of rotatable bonds is 10. The van der Waals surface area contributed by atoms with Crippen LogP contribution in [0.5, 0.6) is 5.75 Å². The van der Waals surface area contributed by atoms with Gasteiger partial charge in [-0.25, -0.2) is 0 Å². The molecule has 130 valence electrons. The van der Waals surface area contributed by atoms with Crippen LogP contribution in [0.4, 0.5) is 0 Å². The minimum absolute atomic E-state index is 0.0467. The Balaban J connectivity index is 2.28. The lowest BCUT2D eigenvalue weighted by Crippen LogP contribution is -2.27. The summed E-state index contributed by atoms with van der Waals surface area (Å²) in [6.07, 6.45) is 3.07. The van der Waals surface area contributed by atoms with Crippen molar-refractivity contribution in [2.45, 2.75) is 32.8 Å². The summed E-state index contributed by atoms with van der Waals surface area (Å²) < 4.78 is 5.40. The van der Waals surface area contributed by atoms with Gasteiger partial charge in [-0.05, 0) is 44.4 Å². The normalized spacial score (nSPS) is 11.2. The Kier molecular flexibility index (Phi) is 9.02. The van der Waals surface area contributed by atoms with Gasteiger partial charge in [0.1, 0.15) is 17.4 Å². The SMILES string of the molecule is CC(C)OCCCN/C=C(/C#N)C(=O)NCCc1ccc(O)cc1. The number of nitrogens with zero attached hydrogens (tertiary/aromatic N) is 1. The van der Waals surface area contributed by atoms with E-state index in [9.17, 15) is 9.90 Å². The molecule has 0 spiro atoms. The van der Waals surface area contributed by atoms with Crippen molar-refractivity contribution in [3.8, 4) is 11.8 Å². The summed E-state index contributed by atoms with van der Waals surface area (Å²) in [7, 11) is 0. The molecule has 1 aromatic carbocycles. The number of ether oxygens (including phenoxy) is 1. The van der Waals surface area contributed by atoms with E-state index in [0.717, 1.165) is 12.0 Å². The highest BCUT2D eigenvalue weighted by Crippen LogP contribution is 2.09. The molecule has 0 saturated heterocycles. The van der Waals surface area contributed by atoms with E-state index in [0.29, 0.717) is 26.1 Å². The maximum atomic E-state index is 11.9. The van der Waals surface area contributed by atoms with Crippen LogP contribution in [-0.2, 0) is 16.0 Å². The molecule has 24 heavy (non-hydrogen) atoms. The standard InChI is InChI=1S/C18H25N3O3/c1-14(2)24-11-3-9-20-13-16(12-19)18(23)21-10-8-15-4-6-17(22)7-5-15/h4-7,13-14,20,22H,3,8-11H2,1-2H3,(H,21,23)/b16-13-. The lowest BCUT2D eigenvalue weighted by Gasteiger charge is -2.07. The van der Waals surface area contributed by atoms with Crippen LogP contribution in [0.3, 0.4) is 0 Å². The van der Waals surface area contributed by atoms with Crippen molar-refractivity contribution in [2.75, 3.05) is 19.7 Å². The number of hydrogen-bond acceptors (Lipinski definition) is 5. The van der Waals surface area contributed by atoms with Gasteiger partial charge < -0.3 is 20.5 Å². The van der Waals surface area contributed by atoms with Gasteiger partial charge in [-0.15, -0.1) is 0 Å². The van der Waals surface area contributed by atoms with Crippen LogP contribution < -0.4 is 10.6 Å². The van der Waals surface area contributed by atoms with Gasteiger partial charge >= 0.3 is 0 Å². The summed E-state index contributed by atoms with van der Waals surface area (Å²) in [5.41, 5.74) is 1.05. The zero-order valence-electron chi connectivity index (χ0n) is 14.2. The molecular formula is C18H25N3O3. The van der Waals surface area contributed by atoms with Gasteiger partial charge in [0.15, 0.2) is 0 Å². The number of carbonyl (C=O) groups is 1. The molecular weight excluding hydrogens is 306 g/mol. The number of phenolic OH excluding ortho intramolecular Hbond substituents is 1. The van der Waals surface area contributed by atoms with Crippen LogP contribution in [0.2, 0.25) is 0 Å². The largest absolute Gasteiger partial charge is 0.508 e. The molecule has 0 heterocycles. The number of carbonyl (C=O) groups excluding carboxylic acids is 1. The van der Waals surface area contributed by atoms with Crippen molar-refractivity contribution in [2.24, 2.45) is 0 Å². The summed E-state index contributed by atoms with van der Waals surface area (Å²) in [6, 6.07) is 8.68. The molecule has 0 fully saturated rings. The highest BCUT2D eigenvalue weighted by atomic mass is 16.5. The smallest absolute Gasteiger partial charge is 0.263 e. The molecule has 0 atom stereocenters.